The van der Waals surface area contributed by atoms with Crippen LogP contribution in [0.15, 0.2) is 96.4 Å². The molecule has 230 valence electrons. The number of fused-ring (bicyclic) bond motifs is 1. The van der Waals surface area contributed by atoms with Crippen molar-refractivity contribution >= 4 is 25.4 Å². The lowest BCUT2D eigenvalue weighted by atomic mass is 9.72. The summed E-state index contributed by atoms with van der Waals surface area (Å²) in [4.78, 5) is 58.7. The van der Waals surface area contributed by atoms with Crippen molar-refractivity contribution in [3.8, 4) is 11.5 Å². The Balaban J connectivity index is 1.67. The van der Waals surface area contributed by atoms with Crippen molar-refractivity contribution in [1.82, 2.24) is 4.90 Å². The summed E-state index contributed by atoms with van der Waals surface area (Å²) in [6, 6.07) is 21.2. The second-order valence-corrected chi connectivity index (χ2v) is 11.4. The van der Waals surface area contributed by atoms with Crippen LogP contribution in [0, 0.1) is 16.0 Å². The summed E-state index contributed by atoms with van der Waals surface area (Å²) >= 11 is 0. The average Bonchev–Trinajstić information content (AvgIpc) is 3.13. The first-order valence-electron chi connectivity index (χ1n) is 13.2. The van der Waals surface area contributed by atoms with E-state index in [0.29, 0.717) is 10.5 Å². The number of aliphatic hydroxyl groups excluding tert-OH is 1. The third-order valence-corrected chi connectivity index (χ3v) is 7.79. The van der Waals surface area contributed by atoms with Gasteiger partial charge in [-0.25, -0.2) is 9.36 Å². The Hall–Kier alpha value is -4.59. The molecule has 2 heterocycles. The molecule has 0 spiro atoms. The zero-order valence-electron chi connectivity index (χ0n) is 23.3. The van der Waals surface area contributed by atoms with E-state index in [1.54, 1.807) is 36.4 Å². The number of rotatable bonds is 11. The van der Waals surface area contributed by atoms with Crippen LogP contribution in [-0.4, -0.2) is 54.0 Å². The Morgan fingerprint density at radius 1 is 1.02 bits per heavy atom. The minimum atomic E-state index is -5.47. The van der Waals surface area contributed by atoms with Crippen molar-refractivity contribution in [2.45, 2.75) is 37.9 Å². The molecule has 0 bridgehead atoms. The molecule has 0 radical (unpaired) electrons. The van der Waals surface area contributed by atoms with E-state index in [4.69, 9.17) is 18.7 Å². The van der Waals surface area contributed by atoms with Crippen LogP contribution in [0.4, 0.5) is 5.69 Å². The normalized spacial score (nSPS) is 23.4. The highest BCUT2D eigenvalue weighted by Crippen LogP contribution is 2.64. The highest BCUT2D eigenvalue weighted by molar-refractivity contribution is 7.46. The number of nitrogens with zero attached hydrogens (tertiary/aromatic N) is 2. The molecule has 1 fully saturated rings. The Labute approximate surface area is 250 Å². The molecule has 1 saturated heterocycles. The number of phosphoric ester groups is 1. The highest BCUT2D eigenvalue weighted by atomic mass is 31.2. The first kappa shape index (κ1) is 30.9. The monoisotopic (exact) mass is 626 g/mol. The van der Waals surface area contributed by atoms with E-state index in [1.807, 2.05) is 0 Å². The number of nitro groups is 1. The molecular formula is C29H27N2O12P. The minimum Gasteiger partial charge on any atom is -0.474 e. The molecule has 0 saturated carbocycles. The van der Waals surface area contributed by atoms with Crippen LogP contribution in [0.5, 0.6) is 11.5 Å². The van der Waals surface area contributed by atoms with E-state index in [1.165, 1.54) is 62.4 Å². The van der Waals surface area contributed by atoms with E-state index in [2.05, 4.69) is 0 Å². The van der Waals surface area contributed by atoms with E-state index < -0.39 is 60.3 Å². The second kappa shape index (κ2) is 11.5. The maximum Gasteiger partial charge on any atom is 0.471 e. The standard InChI is InChI=1S/C29H27N2O12P/c1-18(32)23-26(33)30-24(27(34)40-17-19-13-15-20(16-14-19)31(35)36)25(41-21-9-5-3-6-10-21)28(2,29(23,30)43-44(37,38)39)42-22-11-7-4-8-12-22/h3-16,18,23,32H,17H2,1-2H3,(H2,37,38,39). The first-order chi connectivity index (χ1) is 20.8. The third kappa shape index (κ3) is 5.34. The lowest BCUT2D eigenvalue weighted by Crippen LogP contribution is -2.80. The van der Waals surface area contributed by atoms with Gasteiger partial charge in [0.1, 0.15) is 24.0 Å². The summed E-state index contributed by atoms with van der Waals surface area (Å²) in [6.45, 7) is 2.15. The molecule has 1 amide bonds. The van der Waals surface area contributed by atoms with Gasteiger partial charge >= 0.3 is 13.8 Å². The van der Waals surface area contributed by atoms with Crippen molar-refractivity contribution < 1.29 is 52.7 Å². The maximum absolute atomic E-state index is 13.8. The van der Waals surface area contributed by atoms with Gasteiger partial charge < -0.3 is 29.1 Å². The fourth-order valence-corrected chi connectivity index (χ4v) is 6.16. The zero-order valence-corrected chi connectivity index (χ0v) is 24.2. The van der Waals surface area contributed by atoms with Crippen LogP contribution in [0.1, 0.15) is 19.4 Å². The molecular weight excluding hydrogens is 599 g/mol. The molecule has 0 aliphatic carbocycles. The molecule has 2 aliphatic heterocycles. The number of para-hydroxylation sites is 2. The van der Waals surface area contributed by atoms with Gasteiger partial charge in [-0.05, 0) is 55.8 Å². The smallest absolute Gasteiger partial charge is 0.471 e. The largest absolute Gasteiger partial charge is 0.474 e. The number of amides is 1. The van der Waals surface area contributed by atoms with Gasteiger partial charge in [0, 0.05) is 12.1 Å². The first-order valence-corrected chi connectivity index (χ1v) is 14.7. The lowest BCUT2D eigenvalue weighted by Gasteiger charge is -2.58. The fraction of sp³-hybridized carbons (Fsp3) is 0.241. The number of β-lactam (4-membered cyclic amide) rings is 1. The van der Waals surface area contributed by atoms with Gasteiger partial charge in [-0.1, -0.05) is 36.4 Å². The number of non-ortho nitro benzene ring substituents is 1. The molecule has 5 rings (SSSR count). The van der Waals surface area contributed by atoms with E-state index in [0.717, 1.165) is 0 Å². The minimum absolute atomic E-state index is 0.155. The van der Waals surface area contributed by atoms with Crippen LogP contribution in [-0.2, 0) is 30.0 Å². The second-order valence-electron chi connectivity index (χ2n) is 10.2. The van der Waals surface area contributed by atoms with Crippen molar-refractivity contribution in [2.75, 3.05) is 0 Å². The molecule has 4 atom stereocenters. The number of aliphatic hydroxyl groups is 1. The van der Waals surface area contributed by atoms with Crippen LogP contribution in [0.25, 0.3) is 0 Å². The highest BCUT2D eigenvalue weighted by Gasteiger charge is 2.82. The van der Waals surface area contributed by atoms with Gasteiger partial charge in [0.2, 0.25) is 17.2 Å². The Morgan fingerprint density at radius 3 is 2.11 bits per heavy atom. The predicted octanol–water partition coefficient (Wildman–Crippen LogP) is 3.42. The van der Waals surface area contributed by atoms with E-state index in [-0.39, 0.29) is 22.9 Å². The SMILES string of the molecule is CC(O)C1C(=O)N2C(C(=O)OCc3ccc([N+](=O)[O-])cc3)=C(Oc3ccccc3)C(C)(Oc3ccccc3)C12OP(=O)(O)O. The lowest BCUT2D eigenvalue weighted by molar-refractivity contribution is -0.384. The van der Waals surface area contributed by atoms with Crippen molar-refractivity contribution in [1.29, 1.82) is 0 Å². The number of hydrogen-bond donors (Lipinski definition) is 3. The molecule has 3 N–H and O–H groups in total. The molecule has 4 unspecified atom stereocenters. The molecule has 14 nitrogen and oxygen atoms in total. The van der Waals surface area contributed by atoms with Crippen molar-refractivity contribution in [3.05, 3.63) is 112 Å². The number of carbonyl (C=O) groups is 2. The number of phosphoric acid groups is 1. The summed E-state index contributed by atoms with van der Waals surface area (Å²) in [5, 5.41) is 21.7. The van der Waals surface area contributed by atoms with Gasteiger partial charge in [0.05, 0.1) is 11.0 Å². The number of ether oxygens (including phenoxy) is 3. The molecule has 44 heavy (non-hydrogen) atoms. The zero-order chi connectivity index (χ0) is 31.9. The van der Waals surface area contributed by atoms with Crippen LogP contribution >= 0.6 is 7.82 Å². The Bertz CT molecular complexity index is 1660. The summed E-state index contributed by atoms with van der Waals surface area (Å²) in [6.07, 6.45) is -1.53. The molecule has 2 aliphatic rings. The van der Waals surface area contributed by atoms with Crippen LogP contribution < -0.4 is 9.47 Å². The van der Waals surface area contributed by atoms with Crippen molar-refractivity contribution in [2.24, 2.45) is 5.92 Å². The van der Waals surface area contributed by atoms with Gasteiger partial charge in [0.15, 0.2) is 11.5 Å². The molecule has 0 aromatic heterocycles. The summed E-state index contributed by atoms with van der Waals surface area (Å²) < 4.78 is 35.8. The number of benzene rings is 3. The number of carbonyl (C=O) groups excluding carboxylic acids is 2. The van der Waals surface area contributed by atoms with Crippen LogP contribution in [0.2, 0.25) is 0 Å². The number of hydrogen-bond acceptors (Lipinski definition) is 10. The average molecular weight is 627 g/mol. The Kier molecular flexibility index (Phi) is 8.05. The quantitative estimate of drug-likeness (QED) is 0.0924. The molecule has 3 aromatic carbocycles. The third-order valence-electron chi connectivity index (χ3n) is 7.27. The number of nitro benzene ring substituents is 1. The maximum atomic E-state index is 13.8. The van der Waals surface area contributed by atoms with E-state index >= 15 is 0 Å². The summed E-state index contributed by atoms with van der Waals surface area (Å²) in [5.74, 6) is -3.76. The number of esters is 1. The van der Waals surface area contributed by atoms with Gasteiger partial charge in [0.25, 0.3) is 5.69 Å². The topological polar surface area (TPSA) is 195 Å². The van der Waals surface area contributed by atoms with Crippen molar-refractivity contribution in [3.63, 3.8) is 0 Å². The van der Waals surface area contributed by atoms with Gasteiger partial charge in [-0.3, -0.25) is 24.3 Å². The van der Waals surface area contributed by atoms with E-state index in [9.17, 15) is 39.2 Å². The van der Waals surface area contributed by atoms with Crippen LogP contribution in [0.3, 0.4) is 0 Å². The van der Waals surface area contributed by atoms with Gasteiger partial charge in [-0.2, -0.15) is 0 Å². The summed E-state index contributed by atoms with van der Waals surface area (Å²) in [7, 11) is -5.47. The van der Waals surface area contributed by atoms with Gasteiger partial charge in [-0.15, -0.1) is 0 Å². The summed E-state index contributed by atoms with van der Waals surface area (Å²) in [5.41, 5.74) is -5.04. The molecule has 3 aromatic rings. The molecule has 15 heteroatoms. The predicted molar refractivity (Wildman–Crippen MR) is 150 cm³/mol. The fourth-order valence-electron chi connectivity index (χ4n) is 5.43. The Morgan fingerprint density at radius 2 is 1.59 bits per heavy atom.